The lowest BCUT2D eigenvalue weighted by atomic mass is 10.2. The van der Waals surface area contributed by atoms with Crippen LogP contribution in [0.5, 0.6) is 0 Å². The van der Waals surface area contributed by atoms with Gasteiger partial charge in [0.1, 0.15) is 0 Å². The zero-order valence-corrected chi connectivity index (χ0v) is 11.2. The van der Waals surface area contributed by atoms with E-state index < -0.39 is 10.0 Å². The predicted molar refractivity (Wildman–Crippen MR) is 68.8 cm³/mol. The highest BCUT2D eigenvalue weighted by Crippen LogP contribution is 2.16. The van der Waals surface area contributed by atoms with Crippen LogP contribution in [0, 0.1) is 13.8 Å². The molecule has 4 nitrogen and oxygen atoms in total. The van der Waals surface area contributed by atoms with E-state index in [0.717, 1.165) is 5.56 Å². The SMILES string of the molecule is C=C(CC)NNS(=O)(=O)c1cc(C)ccc1C. The largest absolute Gasteiger partial charge is 0.313 e. The smallest absolute Gasteiger partial charge is 0.257 e. The highest BCUT2D eigenvalue weighted by molar-refractivity contribution is 7.89. The molecule has 1 aromatic carbocycles. The molecule has 17 heavy (non-hydrogen) atoms. The first-order chi connectivity index (χ1) is 7.86. The van der Waals surface area contributed by atoms with Crippen molar-refractivity contribution in [2.45, 2.75) is 32.1 Å². The van der Waals surface area contributed by atoms with Crippen molar-refractivity contribution in [3.8, 4) is 0 Å². The zero-order chi connectivity index (χ0) is 13.1. The second kappa shape index (κ2) is 5.33. The second-order valence-electron chi connectivity index (χ2n) is 3.96. The highest BCUT2D eigenvalue weighted by atomic mass is 32.2. The molecule has 0 aromatic heterocycles. The lowest BCUT2D eigenvalue weighted by Gasteiger charge is -2.12. The molecule has 0 heterocycles. The van der Waals surface area contributed by atoms with Crippen LogP contribution in [-0.4, -0.2) is 8.42 Å². The maximum absolute atomic E-state index is 12.0. The van der Waals surface area contributed by atoms with Crippen molar-refractivity contribution in [1.29, 1.82) is 0 Å². The number of aryl methyl sites for hydroxylation is 2. The Balaban J connectivity index is 2.97. The molecule has 1 rings (SSSR count). The molecule has 0 radical (unpaired) electrons. The molecule has 0 aliphatic rings. The van der Waals surface area contributed by atoms with Crippen LogP contribution in [0.4, 0.5) is 0 Å². The minimum absolute atomic E-state index is 0.286. The summed E-state index contributed by atoms with van der Waals surface area (Å²) in [6, 6.07) is 5.32. The van der Waals surface area contributed by atoms with E-state index in [1.807, 2.05) is 19.9 Å². The van der Waals surface area contributed by atoms with Gasteiger partial charge in [0.2, 0.25) is 0 Å². The Hall–Kier alpha value is -1.33. The summed E-state index contributed by atoms with van der Waals surface area (Å²) in [5.74, 6) is 0. The van der Waals surface area contributed by atoms with Gasteiger partial charge in [-0.1, -0.05) is 25.6 Å². The first-order valence-electron chi connectivity index (χ1n) is 5.39. The molecule has 0 aliphatic carbocycles. The van der Waals surface area contributed by atoms with Crippen LogP contribution in [0.1, 0.15) is 24.5 Å². The third-order valence-electron chi connectivity index (χ3n) is 2.42. The minimum atomic E-state index is -3.54. The Morgan fingerprint density at radius 2 is 2.00 bits per heavy atom. The highest BCUT2D eigenvalue weighted by Gasteiger charge is 2.16. The number of hydrogen-bond donors (Lipinski definition) is 2. The van der Waals surface area contributed by atoms with E-state index in [9.17, 15) is 8.42 Å². The van der Waals surface area contributed by atoms with Crippen molar-refractivity contribution in [2.75, 3.05) is 0 Å². The number of sulfonamides is 1. The molecule has 0 unspecified atom stereocenters. The Kier molecular flexibility index (Phi) is 4.31. The Bertz CT molecular complexity index is 521. The zero-order valence-electron chi connectivity index (χ0n) is 10.4. The van der Waals surface area contributed by atoms with Gasteiger partial charge in [0.25, 0.3) is 10.0 Å². The van der Waals surface area contributed by atoms with Crippen molar-refractivity contribution < 1.29 is 8.42 Å². The third kappa shape index (κ3) is 3.57. The summed E-state index contributed by atoms with van der Waals surface area (Å²) in [5.41, 5.74) is 4.83. The van der Waals surface area contributed by atoms with Gasteiger partial charge >= 0.3 is 0 Å². The van der Waals surface area contributed by atoms with Gasteiger partial charge in [0, 0.05) is 5.70 Å². The topological polar surface area (TPSA) is 58.2 Å². The molecular weight excluding hydrogens is 236 g/mol. The number of benzene rings is 1. The van der Waals surface area contributed by atoms with Crippen molar-refractivity contribution in [3.05, 3.63) is 41.6 Å². The Morgan fingerprint density at radius 3 is 2.59 bits per heavy atom. The van der Waals surface area contributed by atoms with Gasteiger partial charge in [0.15, 0.2) is 0 Å². The first-order valence-corrected chi connectivity index (χ1v) is 6.88. The molecule has 0 aliphatic heterocycles. The summed E-state index contributed by atoms with van der Waals surface area (Å²) in [7, 11) is -3.54. The number of nitrogens with one attached hydrogen (secondary N) is 2. The fourth-order valence-corrected chi connectivity index (χ4v) is 2.50. The van der Waals surface area contributed by atoms with Crippen LogP contribution in [0.2, 0.25) is 0 Å². The lowest BCUT2D eigenvalue weighted by Crippen LogP contribution is -2.36. The van der Waals surface area contributed by atoms with Crippen LogP contribution in [0.25, 0.3) is 0 Å². The molecule has 0 bridgehead atoms. The minimum Gasteiger partial charge on any atom is -0.313 e. The van der Waals surface area contributed by atoms with E-state index in [-0.39, 0.29) is 4.90 Å². The molecule has 0 amide bonds. The van der Waals surface area contributed by atoms with E-state index in [0.29, 0.717) is 17.7 Å². The third-order valence-corrected chi connectivity index (χ3v) is 3.81. The molecule has 0 saturated heterocycles. The standard InChI is InChI=1S/C12H18N2O2S/c1-5-11(4)13-14-17(15,16)12-8-9(2)6-7-10(12)3/h6-8,13-14H,4-5H2,1-3H3. The van der Waals surface area contributed by atoms with E-state index in [1.165, 1.54) is 0 Å². The fraction of sp³-hybridized carbons (Fsp3) is 0.333. The van der Waals surface area contributed by atoms with Gasteiger partial charge in [-0.3, -0.25) is 0 Å². The number of hydrazine groups is 1. The van der Waals surface area contributed by atoms with Crippen LogP contribution >= 0.6 is 0 Å². The van der Waals surface area contributed by atoms with Gasteiger partial charge in [-0.2, -0.15) is 0 Å². The van der Waals surface area contributed by atoms with Crippen molar-refractivity contribution in [1.82, 2.24) is 10.3 Å². The quantitative estimate of drug-likeness (QED) is 0.790. The number of allylic oxidation sites excluding steroid dienone is 1. The van der Waals surface area contributed by atoms with Gasteiger partial charge in [0.05, 0.1) is 4.90 Å². The van der Waals surface area contributed by atoms with Crippen molar-refractivity contribution in [2.24, 2.45) is 0 Å². The lowest BCUT2D eigenvalue weighted by molar-refractivity contribution is 0.568. The van der Waals surface area contributed by atoms with Gasteiger partial charge in [-0.05, 0) is 37.5 Å². The van der Waals surface area contributed by atoms with E-state index in [2.05, 4.69) is 16.8 Å². The fourth-order valence-electron chi connectivity index (χ4n) is 1.28. The van der Waals surface area contributed by atoms with Crippen LogP contribution in [0.3, 0.4) is 0 Å². The summed E-state index contributed by atoms with van der Waals surface area (Å²) < 4.78 is 24.0. The average Bonchev–Trinajstić information content (AvgIpc) is 2.29. The molecule has 5 heteroatoms. The molecule has 94 valence electrons. The molecule has 0 atom stereocenters. The molecule has 1 aromatic rings. The predicted octanol–water partition coefficient (Wildman–Crippen LogP) is 2.01. The van der Waals surface area contributed by atoms with Crippen molar-refractivity contribution in [3.63, 3.8) is 0 Å². The number of rotatable bonds is 5. The molecule has 0 fully saturated rings. The van der Waals surface area contributed by atoms with Gasteiger partial charge < -0.3 is 5.43 Å². The first kappa shape index (κ1) is 13.7. The summed E-state index contributed by atoms with van der Waals surface area (Å²) in [6.07, 6.45) is 0.662. The average molecular weight is 254 g/mol. The van der Waals surface area contributed by atoms with Crippen molar-refractivity contribution >= 4 is 10.0 Å². The van der Waals surface area contributed by atoms with Crippen LogP contribution < -0.4 is 10.3 Å². The summed E-state index contributed by atoms with van der Waals surface area (Å²) in [5, 5.41) is 0. The normalized spacial score (nSPS) is 11.2. The Labute approximate surface area is 103 Å². The Morgan fingerprint density at radius 1 is 1.35 bits per heavy atom. The van der Waals surface area contributed by atoms with E-state index >= 15 is 0 Å². The molecule has 2 N–H and O–H groups in total. The molecule has 0 spiro atoms. The van der Waals surface area contributed by atoms with Crippen LogP contribution in [-0.2, 0) is 10.0 Å². The number of hydrogen-bond acceptors (Lipinski definition) is 3. The van der Waals surface area contributed by atoms with Gasteiger partial charge in [-0.15, -0.1) is 4.83 Å². The van der Waals surface area contributed by atoms with E-state index in [1.54, 1.807) is 19.1 Å². The summed E-state index contributed by atoms with van der Waals surface area (Å²) >= 11 is 0. The summed E-state index contributed by atoms with van der Waals surface area (Å²) in [6.45, 7) is 9.19. The van der Waals surface area contributed by atoms with Gasteiger partial charge in [-0.25, -0.2) is 8.42 Å². The van der Waals surface area contributed by atoms with E-state index in [4.69, 9.17) is 0 Å². The second-order valence-corrected chi connectivity index (χ2v) is 5.61. The summed E-state index contributed by atoms with van der Waals surface area (Å²) in [4.78, 5) is 2.60. The molecular formula is C12H18N2O2S. The molecule has 0 saturated carbocycles. The monoisotopic (exact) mass is 254 g/mol. The maximum atomic E-state index is 12.0. The maximum Gasteiger partial charge on any atom is 0.257 e. The van der Waals surface area contributed by atoms with Crippen LogP contribution in [0.15, 0.2) is 35.4 Å².